The minimum absolute atomic E-state index is 0.298. The van der Waals surface area contributed by atoms with Crippen LogP contribution in [0.4, 0.5) is 8.78 Å². The van der Waals surface area contributed by atoms with Crippen LogP contribution in [0.2, 0.25) is 0 Å². The molecule has 0 amide bonds. The summed E-state index contributed by atoms with van der Waals surface area (Å²) < 4.78 is 67.4. The number of ether oxygens (including phenoxy) is 1. The van der Waals surface area contributed by atoms with Crippen molar-refractivity contribution >= 4 is 38.0 Å². The average Bonchev–Trinajstić information content (AvgIpc) is 2.99. The van der Waals surface area contributed by atoms with Gasteiger partial charge in [0.25, 0.3) is 0 Å². The van der Waals surface area contributed by atoms with E-state index in [1.807, 2.05) is 0 Å². The molecule has 0 saturated heterocycles. The SMILES string of the molecule is O=C(OCCCCCCCCCCCCl)C(F)(F)S(=O)(=O)OS(c1ccccc1)(c1ccccc1)c1ccccc1. The van der Waals surface area contributed by atoms with Gasteiger partial charge in [-0.25, -0.2) is 8.42 Å². The molecule has 0 fully saturated rings. The molecule has 3 aromatic rings. The fraction of sp³-hybridized carbons (Fsp3) is 0.387. The van der Waals surface area contributed by atoms with Crippen molar-refractivity contribution in [2.24, 2.45) is 0 Å². The molecule has 0 radical (unpaired) electrons. The number of hydrogen-bond donors (Lipinski definition) is 0. The molecule has 0 aliphatic rings. The Morgan fingerprint density at radius 1 is 0.634 bits per heavy atom. The molecule has 0 aromatic heterocycles. The van der Waals surface area contributed by atoms with Gasteiger partial charge in [-0.3, -0.25) is 0 Å². The molecule has 0 saturated carbocycles. The Balaban J connectivity index is 1.73. The molecule has 3 rings (SSSR count). The second-order valence-electron chi connectivity index (χ2n) is 9.54. The van der Waals surface area contributed by atoms with Gasteiger partial charge in [-0.1, -0.05) is 99.5 Å². The highest BCUT2D eigenvalue weighted by atomic mass is 35.5. The molecular weight excluding hydrogens is 590 g/mol. The number of unbranched alkanes of at least 4 members (excludes halogenated alkanes) is 8. The van der Waals surface area contributed by atoms with Crippen molar-refractivity contribution < 1.29 is 30.4 Å². The van der Waals surface area contributed by atoms with Crippen molar-refractivity contribution in [2.45, 2.75) is 77.7 Å². The quantitative estimate of drug-likeness (QED) is 0.0800. The monoisotopic (exact) mass is 626 g/mol. The second-order valence-corrected chi connectivity index (χ2v) is 14.4. The third kappa shape index (κ3) is 8.77. The van der Waals surface area contributed by atoms with Gasteiger partial charge in [0.2, 0.25) is 0 Å². The van der Waals surface area contributed by atoms with Crippen LogP contribution in [0.1, 0.15) is 57.8 Å². The summed E-state index contributed by atoms with van der Waals surface area (Å²) in [5.41, 5.74) is 0. The largest absolute Gasteiger partial charge is 0.466 e. The fourth-order valence-electron chi connectivity index (χ4n) is 4.32. The third-order valence-corrected chi connectivity index (χ3v) is 11.9. The summed E-state index contributed by atoms with van der Waals surface area (Å²) in [5, 5.41) is -4.91. The molecule has 0 heterocycles. The van der Waals surface area contributed by atoms with Crippen LogP contribution >= 0.6 is 21.9 Å². The summed E-state index contributed by atoms with van der Waals surface area (Å²) in [7, 11) is -9.04. The van der Waals surface area contributed by atoms with E-state index in [0.717, 1.165) is 44.9 Å². The first kappa shape index (κ1) is 33.0. The smallest absolute Gasteiger partial charge is 0.460 e. The van der Waals surface area contributed by atoms with Crippen molar-refractivity contribution in [1.82, 2.24) is 0 Å². The van der Waals surface area contributed by atoms with Crippen molar-refractivity contribution in [3.63, 3.8) is 0 Å². The number of benzene rings is 3. The lowest BCUT2D eigenvalue weighted by molar-refractivity contribution is -0.161. The highest BCUT2D eigenvalue weighted by Gasteiger charge is 2.58. The van der Waals surface area contributed by atoms with Gasteiger partial charge in [-0.2, -0.15) is 17.2 Å². The summed E-state index contributed by atoms with van der Waals surface area (Å²) in [6.07, 6.45) is 8.39. The van der Waals surface area contributed by atoms with Gasteiger partial charge in [-0.05, 0) is 59.5 Å². The maximum Gasteiger partial charge on any atom is 0.466 e. The Morgan fingerprint density at radius 3 is 1.39 bits per heavy atom. The zero-order valence-electron chi connectivity index (χ0n) is 22.9. The van der Waals surface area contributed by atoms with Crippen molar-refractivity contribution in [3.8, 4) is 0 Å². The third-order valence-electron chi connectivity index (χ3n) is 6.48. The molecule has 0 unspecified atom stereocenters. The van der Waals surface area contributed by atoms with Gasteiger partial charge in [0.15, 0.2) is 0 Å². The molecule has 3 aromatic carbocycles. The Kier molecular flexibility index (Phi) is 13.1. The minimum atomic E-state index is -5.80. The van der Waals surface area contributed by atoms with Gasteiger partial charge in [0.05, 0.1) is 6.61 Å². The molecule has 0 aliphatic heterocycles. The molecule has 0 atom stereocenters. The predicted molar refractivity (Wildman–Crippen MR) is 160 cm³/mol. The van der Waals surface area contributed by atoms with E-state index < -0.39 is 31.7 Å². The standard InChI is InChI=1S/C31H37ClF2O5S2/c32-25-17-6-4-2-1-3-5-7-18-26-38-30(35)31(33,34)41(36,37)39-40(27-19-11-8-12-20-27,28-21-13-9-14-22-28)29-23-15-10-16-24-29/h8-16,19-24H,1-7,17-18,25-26H2. The van der Waals surface area contributed by atoms with E-state index in [0.29, 0.717) is 33.4 Å². The van der Waals surface area contributed by atoms with E-state index in [2.05, 4.69) is 0 Å². The average molecular weight is 627 g/mol. The van der Waals surface area contributed by atoms with Crippen LogP contribution < -0.4 is 0 Å². The number of carbonyl (C=O) groups excluding carboxylic acids is 1. The molecular formula is C31H37ClF2O5S2. The molecule has 0 N–H and O–H groups in total. The lowest BCUT2D eigenvalue weighted by atomic mass is 10.1. The van der Waals surface area contributed by atoms with E-state index >= 15 is 8.78 Å². The van der Waals surface area contributed by atoms with Crippen molar-refractivity contribution in [1.29, 1.82) is 0 Å². The Hall–Kier alpha value is -2.46. The number of rotatable bonds is 18. The number of alkyl halides is 3. The molecule has 0 bridgehead atoms. The van der Waals surface area contributed by atoms with Crippen LogP contribution in [0.25, 0.3) is 0 Å². The van der Waals surface area contributed by atoms with E-state index in [9.17, 15) is 13.2 Å². The normalized spacial score (nSPS) is 12.7. The summed E-state index contributed by atoms with van der Waals surface area (Å²) >= 11 is 5.67. The molecule has 0 spiro atoms. The number of halogens is 3. The first-order valence-electron chi connectivity index (χ1n) is 13.8. The lowest BCUT2D eigenvalue weighted by Crippen LogP contribution is -2.41. The summed E-state index contributed by atoms with van der Waals surface area (Å²) in [6, 6.07) is 25.0. The van der Waals surface area contributed by atoms with E-state index in [4.69, 9.17) is 20.0 Å². The zero-order chi connectivity index (χ0) is 29.6. The highest BCUT2D eigenvalue weighted by molar-refractivity contribution is 8.33. The highest BCUT2D eigenvalue weighted by Crippen LogP contribution is 2.70. The minimum Gasteiger partial charge on any atom is -0.460 e. The molecule has 10 heteroatoms. The number of esters is 1. The Bertz CT molecular complexity index is 1200. The van der Waals surface area contributed by atoms with Crippen LogP contribution in [0, 0.1) is 0 Å². The first-order chi connectivity index (χ1) is 19.8. The Morgan fingerprint density at radius 2 is 1.00 bits per heavy atom. The van der Waals surface area contributed by atoms with Gasteiger partial charge in [0, 0.05) is 20.6 Å². The van der Waals surface area contributed by atoms with Crippen LogP contribution in [-0.4, -0.2) is 32.1 Å². The van der Waals surface area contributed by atoms with Crippen molar-refractivity contribution in [3.05, 3.63) is 91.0 Å². The van der Waals surface area contributed by atoms with E-state index in [1.54, 1.807) is 91.0 Å². The lowest BCUT2D eigenvalue weighted by Gasteiger charge is -2.39. The van der Waals surface area contributed by atoms with E-state index in [-0.39, 0.29) is 6.61 Å². The molecule has 0 aliphatic carbocycles. The summed E-state index contributed by atoms with van der Waals surface area (Å²) in [6.45, 7) is -0.298. The first-order valence-corrected chi connectivity index (χ1v) is 17.3. The summed E-state index contributed by atoms with van der Waals surface area (Å²) in [5.74, 6) is -1.46. The van der Waals surface area contributed by atoms with E-state index in [1.165, 1.54) is 0 Å². The van der Waals surface area contributed by atoms with Gasteiger partial charge >= 0.3 is 21.3 Å². The maximum absolute atomic E-state index is 15.3. The predicted octanol–water partition coefficient (Wildman–Crippen LogP) is 9.12. The van der Waals surface area contributed by atoms with Crippen molar-refractivity contribution in [2.75, 3.05) is 12.5 Å². The molecule has 224 valence electrons. The van der Waals surface area contributed by atoms with Crippen LogP contribution in [0.5, 0.6) is 0 Å². The number of hydrogen-bond acceptors (Lipinski definition) is 5. The van der Waals surface area contributed by atoms with Crippen LogP contribution in [0.15, 0.2) is 106 Å². The van der Waals surface area contributed by atoms with Crippen LogP contribution in [-0.2, 0) is 23.3 Å². The maximum atomic E-state index is 15.3. The van der Waals surface area contributed by atoms with Gasteiger partial charge in [-0.15, -0.1) is 11.6 Å². The van der Waals surface area contributed by atoms with Gasteiger partial charge in [0.1, 0.15) is 0 Å². The molecule has 5 nitrogen and oxygen atoms in total. The topological polar surface area (TPSA) is 69.7 Å². The van der Waals surface area contributed by atoms with Crippen LogP contribution in [0.3, 0.4) is 0 Å². The summed E-state index contributed by atoms with van der Waals surface area (Å²) in [4.78, 5) is 13.6. The fourth-order valence-corrected chi connectivity index (χ4v) is 9.57. The van der Waals surface area contributed by atoms with Gasteiger partial charge < -0.3 is 4.74 Å². The number of carbonyl (C=O) groups is 1. The zero-order valence-corrected chi connectivity index (χ0v) is 25.3. The second kappa shape index (κ2) is 16.2. The Labute approximate surface area is 248 Å². The molecule has 41 heavy (non-hydrogen) atoms.